The molecule has 1 heterocycles. The van der Waals surface area contributed by atoms with E-state index < -0.39 is 0 Å². The van der Waals surface area contributed by atoms with Crippen LogP contribution in [0.3, 0.4) is 0 Å². The number of hydrogen-bond acceptors (Lipinski definition) is 2. The summed E-state index contributed by atoms with van der Waals surface area (Å²) in [6.07, 6.45) is 5.22. The third-order valence-corrected chi connectivity index (χ3v) is 4.59. The average Bonchev–Trinajstić information content (AvgIpc) is 2.87. The first kappa shape index (κ1) is 12.6. The second-order valence-electron chi connectivity index (χ2n) is 5.03. The predicted molar refractivity (Wildman–Crippen MR) is 78.5 cm³/mol. The number of aryl methyl sites for hydroxylation is 3. The number of nitrogens with zero attached hydrogens (tertiary/aromatic N) is 2. The van der Waals surface area contributed by atoms with Gasteiger partial charge in [0.2, 0.25) is 0 Å². The molecule has 1 aliphatic rings. The Morgan fingerprint density at radius 3 is 2.95 bits per heavy atom. The van der Waals surface area contributed by atoms with Crippen LogP contribution in [0.1, 0.15) is 28.8 Å². The van der Waals surface area contributed by atoms with Gasteiger partial charge in [-0.25, -0.2) is 4.98 Å². The smallest absolute Gasteiger partial charge is 0.268 e. The van der Waals surface area contributed by atoms with Crippen LogP contribution in [0.15, 0.2) is 33.8 Å². The van der Waals surface area contributed by atoms with Crippen LogP contribution in [-0.4, -0.2) is 9.55 Å². The summed E-state index contributed by atoms with van der Waals surface area (Å²) in [5.74, 6) is 0. The molecule has 2 aromatic rings. The van der Waals surface area contributed by atoms with Crippen LogP contribution in [-0.2, 0) is 19.4 Å². The van der Waals surface area contributed by atoms with Gasteiger partial charge in [0.05, 0.1) is 18.6 Å². The molecule has 0 atom stereocenters. The van der Waals surface area contributed by atoms with Gasteiger partial charge in [-0.2, -0.15) is 0 Å². The number of hydrogen-bond donors (Lipinski definition) is 0. The molecule has 0 radical (unpaired) electrons. The van der Waals surface area contributed by atoms with Gasteiger partial charge in [0.15, 0.2) is 0 Å². The van der Waals surface area contributed by atoms with Crippen LogP contribution in [0, 0.1) is 6.92 Å². The van der Waals surface area contributed by atoms with Crippen LogP contribution >= 0.6 is 15.9 Å². The van der Waals surface area contributed by atoms with Crippen LogP contribution in [0.2, 0.25) is 0 Å². The molecule has 0 spiro atoms. The zero-order valence-corrected chi connectivity index (χ0v) is 12.4. The minimum atomic E-state index is -0.0204. The zero-order valence-electron chi connectivity index (χ0n) is 10.8. The van der Waals surface area contributed by atoms with Crippen molar-refractivity contribution in [2.45, 2.75) is 32.7 Å². The van der Waals surface area contributed by atoms with Gasteiger partial charge in [0.1, 0.15) is 4.47 Å². The Hall–Kier alpha value is -1.42. The Labute approximate surface area is 120 Å². The molecule has 1 aliphatic carbocycles. The maximum Gasteiger partial charge on any atom is 0.268 e. The monoisotopic (exact) mass is 318 g/mol. The van der Waals surface area contributed by atoms with E-state index in [2.05, 4.69) is 39.1 Å². The van der Waals surface area contributed by atoms with Crippen LogP contribution in [0.5, 0.6) is 0 Å². The number of fused-ring (bicyclic) bond motifs is 1. The molecule has 1 aromatic heterocycles. The highest BCUT2D eigenvalue weighted by Crippen LogP contribution is 2.23. The van der Waals surface area contributed by atoms with Gasteiger partial charge in [0, 0.05) is 0 Å². The fraction of sp³-hybridized carbons (Fsp3) is 0.333. The summed E-state index contributed by atoms with van der Waals surface area (Å²) in [7, 11) is 0. The normalized spacial score (nSPS) is 13.6. The maximum absolute atomic E-state index is 12.1. The Morgan fingerprint density at radius 1 is 1.32 bits per heavy atom. The lowest BCUT2D eigenvalue weighted by Crippen LogP contribution is -2.22. The quantitative estimate of drug-likeness (QED) is 0.853. The zero-order chi connectivity index (χ0) is 13.4. The summed E-state index contributed by atoms with van der Waals surface area (Å²) in [6.45, 7) is 2.41. The molecule has 19 heavy (non-hydrogen) atoms. The Balaban J connectivity index is 1.94. The largest absolute Gasteiger partial charge is 0.294 e. The molecule has 0 saturated carbocycles. The third kappa shape index (κ3) is 2.37. The van der Waals surface area contributed by atoms with E-state index in [0.717, 1.165) is 12.1 Å². The van der Waals surface area contributed by atoms with E-state index in [1.165, 1.54) is 29.5 Å². The van der Waals surface area contributed by atoms with Gasteiger partial charge in [-0.3, -0.25) is 9.36 Å². The molecule has 0 saturated heterocycles. The van der Waals surface area contributed by atoms with Crippen molar-refractivity contribution in [1.29, 1.82) is 0 Å². The molecular formula is C15H15BrN2O. The molecule has 0 fully saturated rings. The molecule has 3 nitrogen and oxygen atoms in total. The van der Waals surface area contributed by atoms with E-state index in [1.807, 2.05) is 6.92 Å². The Bertz CT molecular complexity index is 691. The van der Waals surface area contributed by atoms with E-state index in [1.54, 1.807) is 10.9 Å². The van der Waals surface area contributed by atoms with E-state index in [9.17, 15) is 4.79 Å². The highest BCUT2D eigenvalue weighted by atomic mass is 79.9. The second-order valence-corrected chi connectivity index (χ2v) is 5.83. The van der Waals surface area contributed by atoms with Crippen molar-refractivity contribution in [2.24, 2.45) is 0 Å². The van der Waals surface area contributed by atoms with Gasteiger partial charge in [-0.05, 0) is 58.8 Å². The standard InChI is InChI=1S/C15H15BrN2O/c1-10-14(16)15(19)18(9-17-10)8-11-5-6-12-3-2-4-13(12)7-11/h5-7,9H,2-4,8H2,1H3. The summed E-state index contributed by atoms with van der Waals surface area (Å²) in [5.41, 5.74) is 4.77. The molecule has 0 amide bonds. The lowest BCUT2D eigenvalue weighted by molar-refractivity contribution is 0.723. The number of rotatable bonds is 2. The molecule has 98 valence electrons. The van der Waals surface area contributed by atoms with Crippen molar-refractivity contribution < 1.29 is 0 Å². The van der Waals surface area contributed by atoms with Crippen molar-refractivity contribution in [1.82, 2.24) is 9.55 Å². The van der Waals surface area contributed by atoms with E-state index in [0.29, 0.717) is 11.0 Å². The first-order valence-electron chi connectivity index (χ1n) is 6.47. The van der Waals surface area contributed by atoms with Crippen molar-refractivity contribution in [3.63, 3.8) is 0 Å². The summed E-state index contributed by atoms with van der Waals surface area (Å²) in [4.78, 5) is 16.3. The highest BCUT2D eigenvalue weighted by molar-refractivity contribution is 9.10. The summed E-state index contributed by atoms with van der Waals surface area (Å²) in [5, 5.41) is 0. The summed E-state index contributed by atoms with van der Waals surface area (Å²) >= 11 is 3.30. The molecule has 4 heteroatoms. The number of aromatic nitrogens is 2. The van der Waals surface area contributed by atoms with Gasteiger partial charge in [-0.1, -0.05) is 18.2 Å². The van der Waals surface area contributed by atoms with Crippen LogP contribution < -0.4 is 5.56 Å². The maximum atomic E-state index is 12.1. The molecule has 3 rings (SSSR count). The van der Waals surface area contributed by atoms with Gasteiger partial charge >= 0.3 is 0 Å². The van der Waals surface area contributed by atoms with Gasteiger partial charge < -0.3 is 0 Å². The second kappa shape index (κ2) is 4.93. The van der Waals surface area contributed by atoms with Crippen LogP contribution in [0.4, 0.5) is 0 Å². The molecule has 0 bridgehead atoms. The molecule has 0 aliphatic heterocycles. The highest BCUT2D eigenvalue weighted by Gasteiger charge is 2.11. The molecule has 0 N–H and O–H groups in total. The molecular weight excluding hydrogens is 304 g/mol. The minimum Gasteiger partial charge on any atom is -0.294 e. The van der Waals surface area contributed by atoms with Crippen molar-refractivity contribution in [2.75, 3.05) is 0 Å². The minimum absolute atomic E-state index is 0.0204. The third-order valence-electron chi connectivity index (χ3n) is 3.67. The molecule has 0 unspecified atom stereocenters. The Kier molecular flexibility index (Phi) is 3.27. The summed E-state index contributed by atoms with van der Waals surface area (Å²) < 4.78 is 2.20. The fourth-order valence-corrected chi connectivity index (χ4v) is 2.91. The van der Waals surface area contributed by atoms with E-state index in [4.69, 9.17) is 0 Å². The van der Waals surface area contributed by atoms with Crippen LogP contribution in [0.25, 0.3) is 0 Å². The van der Waals surface area contributed by atoms with E-state index >= 15 is 0 Å². The number of halogens is 1. The van der Waals surface area contributed by atoms with Crippen molar-refractivity contribution in [3.8, 4) is 0 Å². The Morgan fingerprint density at radius 2 is 2.11 bits per heavy atom. The number of benzene rings is 1. The lowest BCUT2D eigenvalue weighted by atomic mass is 10.1. The average molecular weight is 319 g/mol. The van der Waals surface area contributed by atoms with E-state index in [-0.39, 0.29) is 5.56 Å². The first-order chi connectivity index (χ1) is 9.15. The summed E-state index contributed by atoms with van der Waals surface area (Å²) in [6, 6.07) is 6.53. The fourth-order valence-electron chi connectivity index (χ4n) is 2.58. The lowest BCUT2D eigenvalue weighted by Gasteiger charge is -2.08. The predicted octanol–water partition coefficient (Wildman–Crippen LogP) is 2.85. The van der Waals surface area contributed by atoms with Crippen molar-refractivity contribution >= 4 is 15.9 Å². The van der Waals surface area contributed by atoms with Crippen molar-refractivity contribution in [3.05, 3.63) is 61.7 Å². The SMILES string of the molecule is Cc1ncn(Cc2ccc3c(c2)CCC3)c(=O)c1Br. The molecule has 1 aromatic carbocycles. The first-order valence-corrected chi connectivity index (χ1v) is 7.26. The van der Waals surface area contributed by atoms with Gasteiger partial charge in [0.25, 0.3) is 5.56 Å². The topological polar surface area (TPSA) is 34.9 Å². The van der Waals surface area contributed by atoms with Gasteiger partial charge in [-0.15, -0.1) is 0 Å².